The summed E-state index contributed by atoms with van der Waals surface area (Å²) in [6.07, 6.45) is 3.91. The second kappa shape index (κ2) is 5.68. The van der Waals surface area contributed by atoms with Gasteiger partial charge in [0.2, 0.25) is 0 Å². The lowest BCUT2D eigenvalue weighted by Gasteiger charge is -2.32. The Balaban J connectivity index is 2.02. The third-order valence-corrected chi connectivity index (χ3v) is 5.53. The molecule has 2 rings (SSSR count). The first-order valence-electron chi connectivity index (χ1n) is 7.05. The van der Waals surface area contributed by atoms with Crippen molar-refractivity contribution >= 4 is 15.6 Å². The van der Waals surface area contributed by atoms with E-state index in [1.54, 1.807) is 6.26 Å². The molecule has 1 aliphatic heterocycles. The number of rotatable bonds is 3. The van der Waals surface area contributed by atoms with Crippen molar-refractivity contribution in [3.63, 3.8) is 0 Å². The van der Waals surface area contributed by atoms with Gasteiger partial charge in [0.05, 0.1) is 0 Å². The van der Waals surface area contributed by atoms with Crippen LogP contribution in [0, 0.1) is 0 Å². The molecule has 0 bridgehead atoms. The van der Waals surface area contributed by atoms with Crippen molar-refractivity contribution < 1.29 is 4.21 Å². The molecule has 1 heterocycles. The fourth-order valence-electron chi connectivity index (χ4n) is 2.73. The van der Waals surface area contributed by atoms with Crippen LogP contribution in [0.5, 0.6) is 0 Å². The van der Waals surface area contributed by atoms with Crippen LogP contribution in [0.1, 0.15) is 49.7 Å². The average Bonchev–Trinajstić information content (AvgIpc) is 2.38. The molecule has 2 nitrogen and oxygen atoms in total. The van der Waals surface area contributed by atoms with Crippen LogP contribution in [0.4, 0.5) is 0 Å². The zero-order valence-electron chi connectivity index (χ0n) is 12.3. The van der Waals surface area contributed by atoms with Crippen LogP contribution >= 0.6 is 0 Å². The van der Waals surface area contributed by atoms with Crippen molar-refractivity contribution in [1.29, 1.82) is 0 Å². The van der Waals surface area contributed by atoms with Crippen LogP contribution < -0.4 is 0 Å². The normalized spacial score (nSPS) is 21.5. The zero-order valence-corrected chi connectivity index (χ0v) is 13.1. The molecular weight excluding hydrogens is 254 g/mol. The summed E-state index contributed by atoms with van der Waals surface area (Å²) in [5.74, 6) is 4.98. The molecule has 1 aromatic rings. The van der Waals surface area contributed by atoms with Gasteiger partial charge in [0.15, 0.2) is 0 Å². The Morgan fingerprint density at radius 2 is 1.74 bits per heavy atom. The quantitative estimate of drug-likeness (QED) is 0.778. The van der Waals surface area contributed by atoms with Crippen molar-refractivity contribution in [2.24, 2.45) is 0 Å². The van der Waals surface area contributed by atoms with Crippen LogP contribution in [-0.4, -0.2) is 33.7 Å². The number of hydrogen-bond acceptors (Lipinski definition) is 1. The van der Waals surface area contributed by atoms with Crippen LogP contribution in [0.25, 0.3) is 0 Å². The molecular formula is C16H25NOS. The minimum Gasteiger partial charge on any atom is -0.253 e. The lowest BCUT2D eigenvalue weighted by Crippen LogP contribution is -2.37. The highest BCUT2D eigenvalue weighted by molar-refractivity contribution is 7.97. The van der Waals surface area contributed by atoms with Gasteiger partial charge in [-0.15, -0.1) is 0 Å². The van der Waals surface area contributed by atoms with Crippen LogP contribution in [0.3, 0.4) is 0 Å². The van der Waals surface area contributed by atoms with E-state index in [-0.39, 0.29) is 0 Å². The molecule has 1 aliphatic rings. The number of hydrogen-bond donors (Lipinski definition) is 0. The molecule has 1 saturated heterocycles. The van der Waals surface area contributed by atoms with E-state index in [0.29, 0.717) is 11.8 Å². The van der Waals surface area contributed by atoms with Gasteiger partial charge in [-0.05, 0) is 41.7 Å². The van der Waals surface area contributed by atoms with Gasteiger partial charge in [-0.3, -0.25) is 4.21 Å². The minimum absolute atomic E-state index is 0.590. The predicted octanol–water partition coefficient (Wildman–Crippen LogP) is 3.25. The lowest BCUT2D eigenvalue weighted by atomic mass is 9.89. The van der Waals surface area contributed by atoms with E-state index < -0.39 is 9.71 Å². The van der Waals surface area contributed by atoms with E-state index in [4.69, 9.17) is 0 Å². The topological polar surface area (TPSA) is 20.3 Å². The number of nitrogens with zero attached hydrogens (tertiary/aromatic N) is 1. The van der Waals surface area contributed by atoms with Crippen molar-refractivity contribution in [3.8, 4) is 0 Å². The van der Waals surface area contributed by atoms with Crippen molar-refractivity contribution in [3.05, 3.63) is 35.4 Å². The predicted molar refractivity (Wildman–Crippen MR) is 85.3 cm³/mol. The largest absolute Gasteiger partial charge is 0.253 e. The standard InChI is InChI=1S/C16H25NOS/c1-13(2)14-5-7-15(8-6-14)16-9-11-17(12-10-16)19(3,4)18/h5-8,13,16H,3,9-12H2,1-2,4H3. The molecule has 0 spiro atoms. The van der Waals surface area contributed by atoms with E-state index in [2.05, 4.69) is 44.0 Å². The third-order valence-electron chi connectivity index (χ3n) is 4.07. The maximum atomic E-state index is 11.9. The van der Waals surface area contributed by atoms with Crippen molar-refractivity contribution in [2.75, 3.05) is 19.3 Å². The SMILES string of the molecule is C=S(C)(=O)N1CCC(c2ccc(C(C)C)cc2)CC1. The van der Waals surface area contributed by atoms with Gasteiger partial charge >= 0.3 is 0 Å². The van der Waals surface area contributed by atoms with E-state index in [9.17, 15) is 4.21 Å². The molecule has 0 N–H and O–H groups in total. The first kappa shape index (κ1) is 14.6. The maximum absolute atomic E-state index is 11.9. The average molecular weight is 279 g/mol. The van der Waals surface area contributed by atoms with E-state index >= 15 is 0 Å². The molecule has 0 aliphatic carbocycles. The molecule has 19 heavy (non-hydrogen) atoms. The Morgan fingerprint density at radius 1 is 1.21 bits per heavy atom. The number of benzene rings is 1. The molecule has 1 atom stereocenters. The second-order valence-corrected chi connectivity index (χ2v) is 8.42. The molecule has 106 valence electrons. The van der Waals surface area contributed by atoms with Gasteiger partial charge in [0.1, 0.15) is 0 Å². The Labute approximate surface area is 118 Å². The Hall–Kier alpha value is -0.800. The lowest BCUT2D eigenvalue weighted by molar-refractivity contribution is 0.334. The van der Waals surface area contributed by atoms with Gasteiger partial charge < -0.3 is 0 Å². The smallest absolute Gasteiger partial charge is 0.0245 e. The van der Waals surface area contributed by atoms with E-state index in [1.807, 2.05) is 4.31 Å². The molecule has 0 radical (unpaired) electrons. The first-order valence-corrected chi connectivity index (χ1v) is 9.14. The molecule has 1 unspecified atom stereocenters. The molecule has 0 amide bonds. The van der Waals surface area contributed by atoms with E-state index in [1.165, 1.54) is 11.1 Å². The fourth-order valence-corrected chi connectivity index (χ4v) is 3.71. The summed E-state index contributed by atoms with van der Waals surface area (Å²) < 4.78 is 14.0. The second-order valence-electron chi connectivity index (χ2n) is 5.98. The molecule has 3 heteroatoms. The Kier molecular flexibility index (Phi) is 4.36. The van der Waals surface area contributed by atoms with Gasteiger partial charge in [-0.2, -0.15) is 0 Å². The third kappa shape index (κ3) is 3.61. The highest BCUT2D eigenvalue weighted by Crippen LogP contribution is 2.29. The fraction of sp³-hybridized carbons (Fsp3) is 0.562. The first-order chi connectivity index (χ1) is 8.88. The molecule has 0 saturated carbocycles. The summed E-state index contributed by atoms with van der Waals surface area (Å²) in [7, 11) is -2.02. The van der Waals surface area contributed by atoms with Crippen molar-refractivity contribution in [1.82, 2.24) is 4.31 Å². The van der Waals surface area contributed by atoms with Gasteiger partial charge in [0.25, 0.3) is 0 Å². The van der Waals surface area contributed by atoms with Gasteiger partial charge in [-0.1, -0.05) is 38.1 Å². The van der Waals surface area contributed by atoms with E-state index in [0.717, 1.165) is 25.9 Å². The summed E-state index contributed by atoms with van der Waals surface area (Å²) >= 11 is 0. The summed E-state index contributed by atoms with van der Waals surface area (Å²) in [6, 6.07) is 9.03. The highest BCUT2D eigenvalue weighted by atomic mass is 32.2. The maximum Gasteiger partial charge on any atom is 0.0245 e. The minimum atomic E-state index is -2.02. The molecule has 1 fully saturated rings. The summed E-state index contributed by atoms with van der Waals surface area (Å²) in [4.78, 5) is 0. The summed E-state index contributed by atoms with van der Waals surface area (Å²) in [5.41, 5.74) is 2.83. The van der Waals surface area contributed by atoms with Crippen LogP contribution in [0.15, 0.2) is 24.3 Å². The summed E-state index contributed by atoms with van der Waals surface area (Å²) in [5, 5.41) is 0. The van der Waals surface area contributed by atoms with Crippen LogP contribution in [0.2, 0.25) is 0 Å². The molecule has 0 aromatic heterocycles. The zero-order chi connectivity index (χ0) is 14.0. The van der Waals surface area contributed by atoms with Gasteiger partial charge in [0, 0.05) is 29.1 Å². The summed E-state index contributed by atoms with van der Waals surface area (Å²) in [6.45, 7) is 6.24. The Bertz CT molecular complexity index is 508. The van der Waals surface area contributed by atoms with Crippen LogP contribution in [-0.2, 0) is 9.71 Å². The monoisotopic (exact) mass is 279 g/mol. The van der Waals surface area contributed by atoms with Crippen molar-refractivity contribution in [2.45, 2.75) is 38.5 Å². The Morgan fingerprint density at radius 3 is 2.16 bits per heavy atom. The molecule has 1 aromatic carbocycles. The van der Waals surface area contributed by atoms with Gasteiger partial charge in [-0.25, -0.2) is 4.31 Å². The highest BCUT2D eigenvalue weighted by Gasteiger charge is 2.23. The number of piperidine rings is 1.